The molecule has 0 amide bonds. The predicted octanol–water partition coefficient (Wildman–Crippen LogP) is 3.35. The van der Waals surface area contributed by atoms with Crippen molar-refractivity contribution < 1.29 is 40.6 Å². The van der Waals surface area contributed by atoms with Crippen LogP contribution < -0.4 is 4.74 Å². The number of furan rings is 1. The van der Waals surface area contributed by atoms with Gasteiger partial charge in [0, 0.05) is 25.6 Å². The van der Waals surface area contributed by atoms with Crippen LogP contribution >= 0.6 is 0 Å². The first kappa shape index (κ1) is 25.1. The van der Waals surface area contributed by atoms with Crippen LogP contribution in [0.25, 0.3) is 0 Å². The van der Waals surface area contributed by atoms with Gasteiger partial charge in [-0.1, -0.05) is 12.1 Å². The maximum Gasteiger partial charge on any atom is 0.490 e. The second-order valence-corrected chi connectivity index (χ2v) is 10.1. The number of likely N-dealkylation sites (tertiary alicyclic amines) is 1. The molecule has 1 saturated heterocycles. The van der Waals surface area contributed by atoms with Gasteiger partial charge in [0.15, 0.2) is 0 Å². The highest BCUT2D eigenvalue weighted by atomic mass is 32.2. The Hall–Kier alpha value is -2.57. The van der Waals surface area contributed by atoms with Crippen molar-refractivity contribution >= 4 is 16.0 Å². The second kappa shape index (κ2) is 9.35. The third-order valence-electron chi connectivity index (χ3n) is 5.38. The lowest BCUT2D eigenvalue weighted by Crippen LogP contribution is -2.51. The van der Waals surface area contributed by atoms with E-state index in [0.29, 0.717) is 25.4 Å². The first-order chi connectivity index (χ1) is 15.3. The van der Waals surface area contributed by atoms with Crippen molar-refractivity contribution in [3.05, 3.63) is 48.4 Å². The summed E-state index contributed by atoms with van der Waals surface area (Å²) in [7, 11) is -3.58. The van der Waals surface area contributed by atoms with E-state index in [1.807, 2.05) is 32.0 Å². The standard InChI is InChI=1S/C19H24N2O4S.C2HF3O2/c1-15(2)21-14-19(9-10-20(13-19)12-16-6-5-11-24-16)25-17-7-3-4-8-18(17)26(21,22)23;3-2(4,5)1(6)7/h3-8,11,15H,9-10,12-14H2,1-2H3;(H,6,7). The number of benzene rings is 1. The largest absolute Gasteiger partial charge is 0.490 e. The van der Waals surface area contributed by atoms with Crippen LogP contribution in [0.15, 0.2) is 52.0 Å². The van der Waals surface area contributed by atoms with Crippen LogP contribution in [0.2, 0.25) is 0 Å². The number of carboxylic acid groups (broad SMARTS) is 1. The maximum atomic E-state index is 13.2. The number of hydrogen-bond acceptors (Lipinski definition) is 6. The number of carbonyl (C=O) groups is 1. The summed E-state index contributed by atoms with van der Waals surface area (Å²) >= 11 is 0. The summed E-state index contributed by atoms with van der Waals surface area (Å²) in [5.74, 6) is -1.40. The Bertz CT molecular complexity index is 1070. The molecule has 0 radical (unpaired) electrons. The van der Waals surface area contributed by atoms with Gasteiger partial charge < -0.3 is 14.3 Å². The van der Waals surface area contributed by atoms with Crippen molar-refractivity contribution in [2.45, 2.75) is 49.5 Å². The molecule has 8 nitrogen and oxygen atoms in total. The zero-order valence-electron chi connectivity index (χ0n) is 18.1. The molecule has 0 saturated carbocycles. The second-order valence-electron chi connectivity index (χ2n) is 8.22. The van der Waals surface area contributed by atoms with Crippen LogP contribution in [0.4, 0.5) is 13.2 Å². The van der Waals surface area contributed by atoms with Gasteiger partial charge >= 0.3 is 12.1 Å². The normalized spacial score (nSPS) is 22.8. The SMILES string of the molecule is CC(C)N1CC2(CCN(Cc3ccco3)C2)Oc2ccccc2S1(=O)=O.O=C(O)C(F)(F)F. The summed E-state index contributed by atoms with van der Waals surface area (Å²) in [4.78, 5) is 11.4. The Morgan fingerprint density at radius 1 is 1.18 bits per heavy atom. The molecule has 1 aromatic carbocycles. The monoisotopic (exact) mass is 490 g/mol. The average Bonchev–Trinajstić information content (AvgIpc) is 3.34. The van der Waals surface area contributed by atoms with Crippen molar-refractivity contribution in [2.75, 3.05) is 19.6 Å². The fourth-order valence-corrected chi connectivity index (χ4v) is 5.69. The Labute approximate surface area is 189 Å². The minimum Gasteiger partial charge on any atom is -0.483 e. The fourth-order valence-electron chi connectivity index (χ4n) is 3.87. The van der Waals surface area contributed by atoms with Gasteiger partial charge in [0.25, 0.3) is 0 Å². The molecule has 1 atom stereocenters. The summed E-state index contributed by atoms with van der Waals surface area (Å²) in [6.07, 6.45) is -2.63. The van der Waals surface area contributed by atoms with Gasteiger partial charge in [0.1, 0.15) is 22.0 Å². The van der Waals surface area contributed by atoms with Crippen molar-refractivity contribution in [1.29, 1.82) is 0 Å². The number of para-hydroxylation sites is 1. The number of sulfonamides is 1. The number of nitrogens with zero attached hydrogens (tertiary/aromatic N) is 2. The van der Waals surface area contributed by atoms with Crippen LogP contribution in [-0.2, 0) is 21.4 Å². The molecule has 12 heteroatoms. The topological polar surface area (TPSA) is 100 Å². The van der Waals surface area contributed by atoms with Crippen molar-refractivity contribution in [3.63, 3.8) is 0 Å². The average molecular weight is 491 g/mol. The zero-order chi connectivity index (χ0) is 24.4. The minimum atomic E-state index is -5.08. The van der Waals surface area contributed by atoms with Gasteiger partial charge in [-0.2, -0.15) is 17.5 Å². The van der Waals surface area contributed by atoms with E-state index < -0.39 is 27.8 Å². The van der Waals surface area contributed by atoms with Gasteiger partial charge in [-0.25, -0.2) is 13.2 Å². The minimum absolute atomic E-state index is 0.134. The molecule has 2 aromatic rings. The van der Waals surface area contributed by atoms with E-state index in [4.69, 9.17) is 19.1 Å². The van der Waals surface area contributed by atoms with Crippen LogP contribution in [0.5, 0.6) is 5.75 Å². The van der Waals surface area contributed by atoms with Gasteiger partial charge in [0.2, 0.25) is 10.0 Å². The highest BCUT2D eigenvalue weighted by molar-refractivity contribution is 7.89. The third kappa shape index (κ3) is 5.68. The molecule has 3 heterocycles. The van der Waals surface area contributed by atoms with Crippen LogP contribution in [0.1, 0.15) is 26.0 Å². The molecule has 0 bridgehead atoms. The summed E-state index contributed by atoms with van der Waals surface area (Å²) in [6.45, 7) is 6.39. The van der Waals surface area contributed by atoms with E-state index in [9.17, 15) is 21.6 Å². The highest BCUT2D eigenvalue weighted by Gasteiger charge is 2.48. The predicted molar refractivity (Wildman–Crippen MR) is 111 cm³/mol. The Kier molecular flexibility index (Phi) is 7.10. The summed E-state index contributed by atoms with van der Waals surface area (Å²) < 4.78 is 71.5. The summed E-state index contributed by atoms with van der Waals surface area (Å²) in [6, 6.07) is 10.7. The molecule has 2 aliphatic rings. The number of halogens is 3. The quantitative estimate of drug-likeness (QED) is 0.704. The molecule has 2 aliphatic heterocycles. The first-order valence-corrected chi connectivity index (χ1v) is 11.6. The Balaban J connectivity index is 0.000000383. The van der Waals surface area contributed by atoms with Crippen molar-refractivity contribution in [3.8, 4) is 5.75 Å². The number of aliphatic carboxylic acids is 1. The molecular weight excluding hydrogens is 465 g/mol. The number of ether oxygens (including phenoxy) is 1. The number of alkyl halides is 3. The lowest BCUT2D eigenvalue weighted by molar-refractivity contribution is -0.192. The van der Waals surface area contributed by atoms with E-state index in [-0.39, 0.29) is 10.9 Å². The summed E-state index contributed by atoms with van der Waals surface area (Å²) in [5, 5.41) is 7.12. The number of carboxylic acids is 1. The van der Waals surface area contributed by atoms with Gasteiger partial charge in [-0.05, 0) is 38.1 Å². The van der Waals surface area contributed by atoms with Crippen LogP contribution in [0.3, 0.4) is 0 Å². The fraction of sp³-hybridized carbons (Fsp3) is 0.476. The highest BCUT2D eigenvalue weighted by Crippen LogP contribution is 2.39. The molecule has 33 heavy (non-hydrogen) atoms. The first-order valence-electron chi connectivity index (χ1n) is 10.2. The van der Waals surface area contributed by atoms with E-state index in [1.165, 1.54) is 0 Å². The van der Waals surface area contributed by atoms with Crippen molar-refractivity contribution in [1.82, 2.24) is 9.21 Å². The smallest absolute Gasteiger partial charge is 0.483 e. The van der Waals surface area contributed by atoms with E-state index >= 15 is 0 Å². The molecule has 1 aromatic heterocycles. The number of fused-ring (bicyclic) bond motifs is 1. The Morgan fingerprint density at radius 2 is 1.85 bits per heavy atom. The number of hydrogen-bond donors (Lipinski definition) is 1. The van der Waals surface area contributed by atoms with Gasteiger partial charge in [-0.15, -0.1) is 0 Å². The molecule has 182 valence electrons. The Morgan fingerprint density at radius 3 is 2.42 bits per heavy atom. The molecule has 0 aliphatic carbocycles. The van der Waals surface area contributed by atoms with E-state index in [2.05, 4.69) is 4.90 Å². The van der Waals surface area contributed by atoms with Crippen LogP contribution in [0, 0.1) is 0 Å². The number of rotatable bonds is 3. The summed E-state index contributed by atoms with van der Waals surface area (Å²) in [5.41, 5.74) is -0.545. The molecule has 1 N–H and O–H groups in total. The molecule has 1 unspecified atom stereocenters. The molecular formula is C21H25F3N2O6S. The lowest BCUT2D eigenvalue weighted by atomic mass is 10.0. The molecule has 1 spiro atoms. The lowest BCUT2D eigenvalue weighted by Gasteiger charge is -2.33. The zero-order valence-corrected chi connectivity index (χ0v) is 18.9. The van der Waals surface area contributed by atoms with E-state index in [0.717, 1.165) is 18.7 Å². The van der Waals surface area contributed by atoms with Crippen molar-refractivity contribution in [2.24, 2.45) is 0 Å². The molecule has 4 rings (SSSR count). The van der Waals surface area contributed by atoms with Gasteiger partial charge in [-0.3, -0.25) is 4.90 Å². The van der Waals surface area contributed by atoms with Gasteiger partial charge in [0.05, 0.1) is 19.4 Å². The maximum absolute atomic E-state index is 13.2. The third-order valence-corrected chi connectivity index (χ3v) is 7.44. The van der Waals surface area contributed by atoms with E-state index in [1.54, 1.807) is 28.8 Å². The molecule has 1 fully saturated rings. The van der Waals surface area contributed by atoms with Crippen LogP contribution in [-0.4, -0.2) is 66.2 Å².